The Morgan fingerprint density at radius 3 is 2.05 bits per heavy atom. The van der Waals surface area contributed by atoms with Gasteiger partial charge >= 0.3 is 0 Å². The summed E-state index contributed by atoms with van der Waals surface area (Å²) in [6.07, 6.45) is 9.74. The topological polar surface area (TPSA) is 150 Å². The van der Waals surface area contributed by atoms with Crippen molar-refractivity contribution in [1.29, 1.82) is 0 Å². The average Bonchev–Trinajstić information content (AvgIpc) is 4.06. The Balaban J connectivity index is 1.28. The minimum absolute atomic E-state index is 0.0285. The second-order valence-corrected chi connectivity index (χ2v) is 23.5. The Kier molecular flexibility index (Phi) is 11.4. The summed E-state index contributed by atoms with van der Waals surface area (Å²) in [7, 11) is -3.83. The fourth-order valence-corrected chi connectivity index (χ4v) is 13.1. The maximum absolute atomic E-state index is 15.3. The van der Waals surface area contributed by atoms with Crippen LogP contribution in [0, 0.1) is 44.3 Å². The van der Waals surface area contributed by atoms with Crippen LogP contribution in [0.2, 0.25) is 0 Å². The van der Waals surface area contributed by atoms with Gasteiger partial charge < -0.3 is 10.2 Å². The fourth-order valence-electron chi connectivity index (χ4n) is 11.7. The van der Waals surface area contributed by atoms with Gasteiger partial charge in [-0.3, -0.25) is 33.6 Å². The van der Waals surface area contributed by atoms with Gasteiger partial charge in [-0.15, -0.1) is 6.58 Å². The molecule has 0 aromatic carbocycles. The number of fused-ring (bicyclic) bond motifs is 1. The van der Waals surface area contributed by atoms with Crippen LogP contribution < -0.4 is 10.0 Å². The standard InChI is InChI=1S/C45H72N4O7S/c1-12-29-24-43(29,39(54)47-57(55,56)30-18-19-30)26-35(51)33-25-45(42(10,11)44(45)20-16-21-44)27-49(33)38(53)31(40(5,6)7)23-34(50)36(41(8,9)13-2)46-37(52)32-17-14-15-22-48(32)28(3)4/h12,28-33,36H,1,13-27H2,2-11H3,(H,46,52)(H,47,54)/t29-,31-,32+,33+,36-,43-,45-/m1/s1. The van der Waals surface area contributed by atoms with E-state index in [1.807, 2.05) is 41.5 Å². The quantitative estimate of drug-likeness (QED) is 0.171. The average molecular weight is 813 g/mol. The summed E-state index contributed by atoms with van der Waals surface area (Å²) in [5, 5.41) is 2.62. The number of amides is 3. The van der Waals surface area contributed by atoms with E-state index >= 15 is 4.79 Å². The summed E-state index contributed by atoms with van der Waals surface area (Å²) < 4.78 is 28.0. The molecule has 0 bridgehead atoms. The zero-order valence-corrected chi connectivity index (χ0v) is 37.4. The molecule has 4 aliphatic carbocycles. The van der Waals surface area contributed by atoms with E-state index in [9.17, 15) is 27.6 Å². The molecule has 12 heteroatoms. The number of hydrogen-bond acceptors (Lipinski definition) is 8. The predicted molar refractivity (Wildman–Crippen MR) is 221 cm³/mol. The lowest BCUT2D eigenvalue weighted by Crippen LogP contribution is -2.58. The van der Waals surface area contributed by atoms with E-state index in [0.29, 0.717) is 38.6 Å². The summed E-state index contributed by atoms with van der Waals surface area (Å²) >= 11 is 0. The van der Waals surface area contributed by atoms with Crippen molar-refractivity contribution in [2.75, 3.05) is 13.1 Å². The van der Waals surface area contributed by atoms with E-state index in [-0.39, 0.29) is 70.5 Å². The molecular weight excluding hydrogens is 741 g/mol. The van der Waals surface area contributed by atoms with Crippen molar-refractivity contribution in [2.45, 2.75) is 182 Å². The Labute approximate surface area is 342 Å². The molecule has 6 fully saturated rings. The molecule has 0 radical (unpaired) electrons. The molecule has 0 aromatic rings. The maximum Gasteiger partial charge on any atom is 0.240 e. The zero-order valence-electron chi connectivity index (χ0n) is 36.6. The highest BCUT2D eigenvalue weighted by Crippen LogP contribution is 2.88. The van der Waals surface area contributed by atoms with Gasteiger partial charge in [-0.05, 0) is 106 Å². The van der Waals surface area contributed by atoms with Crippen LogP contribution in [0.4, 0.5) is 0 Å². The Bertz CT molecular complexity index is 1770. The molecule has 4 saturated carbocycles. The number of hydrogen-bond donors (Lipinski definition) is 2. The molecule has 0 unspecified atom stereocenters. The third-order valence-electron chi connectivity index (χ3n) is 16.6. The fraction of sp³-hybridized carbons (Fsp3) is 0.844. The van der Waals surface area contributed by atoms with Crippen molar-refractivity contribution in [3.8, 4) is 0 Å². The van der Waals surface area contributed by atoms with Crippen molar-refractivity contribution >= 4 is 39.3 Å². The predicted octanol–water partition coefficient (Wildman–Crippen LogP) is 6.35. The van der Waals surface area contributed by atoms with Gasteiger partial charge in [-0.1, -0.05) is 74.3 Å². The number of rotatable bonds is 16. The van der Waals surface area contributed by atoms with E-state index in [2.05, 4.69) is 49.2 Å². The highest BCUT2D eigenvalue weighted by Gasteiger charge is 2.85. The number of likely N-dealkylation sites (tertiary alicyclic amines) is 2. The van der Waals surface area contributed by atoms with Gasteiger partial charge in [0.05, 0.1) is 28.8 Å². The first kappa shape index (κ1) is 44.0. The number of nitrogens with zero attached hydrogens (tertiary/aromatic N) is 2. The Hall–Kier alpha value is -2.60. The first-order chi connectivity index (χ1) is 26.4. The first-order valence-corrected chi connectivity index (χ1v) is 23.5. The molecular formula is C45H72N4O7S. The van der Waals surface area contributed by atoms with E-state index in [1.54, 1.807) is 11.0 Å². The third kappa shape index (κ3) is 7.37. The maximum atomic E-state index is 15.3. The van der Waals surface area contributed by atoms with Crippen molar-refractivity contribution in [3.05, 3.63) is 12.7 Å². The lowest BCUT2D eigenvalue weighted by molar-refractivity contribution is -0.147. The summed E-state index contributed by atoms with van der Waals surface area (Å²) in [5.41, 5.74) is -2.79. The van der Waals surface area contributed by atoms with Crippen LogP contribution >= 0.6 is 0 Å². The van der Waals surface area contributed by atoms with Crippen molar-refractivity contribution in [2.24, 2.45) is 44.3 Å². The lowest BCUT2D eigenvalue weighted by atomic mass is 9.72. The largest absolute Gasteiger partial charge is 0.344 e. The molecule has 2 saturated heterocycles. The van der Waals surface area contributed by atoms with E-state index in [4.69, 9.17) is 0 Å². The molecule has 11 nitrogen and oxygen atoms in total. The van der Waals surface area contributed by atoms with Crippen LogP contribution in [0.5, 0.6) is 0 Å². The second kappa shape index (κ2) is 14.8. The molecule has 2 spiro atoms. The van der Waals surface area contributed by atoms with Crippen molar-refractivity contribution in [1.82, 2.24) is 19.8 Å². The van der Waals surface area contributed by atoms with Crippen LogP contribution in [-0.2, 0) is 34.0 Å². The molecule has 320 valence electrons. The van der Waals surface area contributed by atoms with Gasteiger partial charge in [-0.25, -0.2) is 8.42 Å². The first-order valence-electron chi connectivity index (χ1n) is 22.0. The zero-order chi connectivity index (χ0) is 42.3. The minimum Gasteiger partial charge on any atom is -0.344 e. The number of allylic oxidation sites excluding steroid dienone is 1. The minimum atomic E-state index is -3.83. The third-order valence-corrected chi connectivity index (χ3v) is 18.4. The molecule has 57 heavy (non-hydrogen) atoms. The van der Waals surface area contributed by atoms with Crippen LogP contribution in [-0.4, -0.2) is 90.0 Å². The van der Waals surface area contributed by atoms with E-state index in [1.165, 1.54) is 0 Å². The summed E-state index contributed by atoms with van der Waals surface area (Å²) in [5.74, 6) is -2.58. The summed E-state index contributed by atoms with van der Waals surface area (Å²) in [6, 6.07) is -1.73. The monoisotopic (exact) mass is 813 g/mol. The van der Waals surface area contributed by atoms with E-state index in [0.717, 1.165) is 45.1 Å². The number of nitrogens with one attached hydrogen (secondary N) is 2. The van der Waals surface area contributed by atoms with Gasteiger partial charge in [-0.2, -0.15) is 0 Å². The highest BCUT2D eigenvalue weighted by molar-refractivity contribution is 7.90. The summed E-state index contributed by atoms with van der Waals surface area (Å²) in [4.78, 5) is 76.5. The molecule has 6 rings (SSSR count). The molecule has 0 aromatic heterocycles. The van der Waals surface area contributed by atoms with Crippen LogP contribution in [0.15, 0.2) is 12.7 Å². The molecule has 2 N–H and O–H groups in total. The lowest BCUT2D eigenvalue weighted by Gasteiger charge is -2.41. The van der Waals surface area contributed by atoms with Crippen LogP contribution in [0.1, 0.15) is 153 Å². The molecule has 2 aliphatic heterocycles. The number of carbonyl (C=O) groups is 5. The SMILES string of the molecule is C=C[C@@H]1C[C@]1(CC(=O)[C@@H]1C[C@@]2(CN1C(=O)[C@@H](CC(=O)[C@@H](NC(=O)[C@@H]1CCCCN1C(C)C)C(C)(C)CC)C(C)(C)C)C(C)(C)C21CCC1)C(=O)NS(=O)(=O)C1CC1. The van der Waals surface area contributed by atoms with Gasteiger partial charge in [0.2, 0.25) is 27.7 Å². The van der Waals surface area contributed by atoms with Gasteiger partial charge in [0, 0.05) is 36.8 Å². The van der Waals surface area contributed by atoms with Crippen molar-refractivity contribution < 1.29 is 32.4 Å². The number of ketones is 2. The molecule has 2 heterocycles. The van der Waals surface area contributed by atoms with Crippen molar-refractivity contribution in [3.63, 3.8) is 0 Å². The summed E-state index contributed by atoms with van der Waals surface area (Å²) in [6.45, 7) is 25.7. The number of carbonyl (C=O) groups excluding carboxylic acids is 5. The Morgan fingerprint density at radius 2 is 1.56 bits per heavy atom. The van der Waals surface area contributed by atoms with Crippen LogP contribution in [0.25, 0.3) is 0 Å². The number of sulfonamides is 1. The number of piperidine rings is 1. The molecule has 3 amide bonds. The van der Waals surface area contributed by atoms with Crippen LogP contribution in [0.3, 0.4) is 0 Å². The van der Waals surface area contributed by atoms with Gasteiger partial charge in [0.1, 0.15) is 0 Å². The number of Topliss-reactive ketones (excluding diaryl/α,β-unsaturated/α-hetero) is 2. The normalized spacial score (nSPS) is 31.7. The van der Waals surface area contributed by atoms with Gasteiger partial charge in [0.25, 0.3) is 0 Å². The molecule has 7 atom stereocenters. The smallest absolute Gasteiger partial charge is 0.240 e. The second-order valence-electron chi connectivity index (χ2n) is 21.6. The highest BCUT2D eigenvalue weighted by atomic mass is 32.2. The Morgan fingerprint density at radius 1 is 0.912 bits per heavy atom. The molecule has 6 aliphatic rings. The van der Waals surface area contributed by atoms with E-state index < -0.39 is 55.4 Å². The van der Waals surface area contributed by atoms with Gasteiger partial charge in [0.15, 0.2) is 11.6 Å².